The summed E-state index contributed by atoms with van der Waals surface area (Å²) in [5.41, 5.74) is -0.196. The van der Waals surface area contributed by atoms with Gasteiger partial charge in [-0.1, -0.05) is 0 Å². The summed E-state index contributed by atoms with van der Waals surface area (Å²) in [5, 5.41) is 9.10. The summed E-state index contributed by atoms with van der Waals surface area (Å²) in [6, 6.07) is 5.17. The van der Waals surface area contributed by atoms with Gasteiger partial charge in [0.25, 0.3) is 0 Å². The molecule has 0 amide bonds. The molecule has 2 rings (SSSR count). The molecule has 1 aliphatic heterocycles. The van der Waals surface area contributed by atoms with Gasteiger partial charge < -0.3 is 9.64 Å². The first-order valence-electron chi connectivity index (χ1n) is 6.82. The molecule has 114 valence electrons. The topological polar surface area (TPSA) is 36.3 Å². The molecule has 0 aromatic heterocycles. The zero-order chi connectivity index (χ0) is 15.5. The highest BCUT2D eigenvalue weighted by molar-refractivity contribution is 5.60. The second-order valence-corrected chi connectivity index (χ2v) is 5.28. The van der Waals surface area contributed by atoms with E-state index in [9.17, 15) is 13.2 Å². The van der Waals surface area contributed by atoms with Crippen molar-refractivity contribution in [3.05, 3.63) is 29.3 Å². The van der Waals surface area contributed by atoms with E-state index in [0.29, 0.717) is 18.2 Å². The van der Waals surface area contributed by atoms with E-state index in [1.54, 1.807) is 7.05 Å². The van der Waals surface area contributed by atoms with Crippen molar-refractivity contribution in [2.75, 3.05) is 31.7 Å². The molecule has 1 heterocycles. The van der Waals surface area contributed by atoms with Gasteiger partial charge in [-0.05, 0) is 37.0 Å². The van der Waals surface area contributed by atoms with Gasteiger partial charge >= 0.3 is 6.18 Å². The first kappa shape index (κ1) is 15.6. The van der Waals surface area contributed by atoms with Crippen molar-refractivity contribution < 1.29 is 17.9 Å². The fourth-order valence-corrected chi connectivity index (χ4v) is 2.55. The standard InChI is InChI=1S/C15H17F3N2O/c1-20(10-11-4-6-21-7-5-11)14-3-2-13(15(16,17)18)8-12(14)9-19/h2-3,8,11H,4-7,10H2,1H3. The Morgan fingerprint density at radius 1 is 1.33 bits per heavy atom. The summed E-state index contributed by atoms with van der Waals surface area (Å²) in [6.45, 7) is 2.15. The van der Waals surface area contributed by atoms with Crippen LogP contribution in [0.3, 0.4) is 0 Å². The molecule has 0 saturated carbocycles. The SMILES string of the molecule is CN(CC1CCOCC1)c1ccc(C(F)(F)F)cc1C#N. The minimum absolute atomic E-state index is 0.0550. The fraction of sp³-hybridized carbons (Fsp3) is 0.533. The second-order valence-electron chi connectivity index (χ2n) is 5.28. The molecule has 1 aromatic rings. The average Bonchev–Trinajstić information content (AvgIpc) is 2.46. The molecule has 1 aliphatic rings. The normalized spacial score (nSPS) is 16.5. The molecule has 1 saturated heterocycles. The number of nitriles is 1. The Balaban J connectivity index is 2.16. The number of hydrogen-bond donors (Lipinski definition) is 0. The van der Waals surface area contributed by atoms with Crippen LogP contribution in [-0.4, -0.2) is 26.8 Å². The van der Waals surface area contributed by atoms with E-state index in [1.807, 2.05) is 11.0 Å². The third kappa shape index (κ3) is 3.88. The molecule has 0 radical (unpaired) electrons. The van der Waals surface area contributed by atoms with Gasteiger partial charge in [0.1, 0.15) is 6.07 Å². The fourth-order valence-electron chi connectivity index (χ4n) is 2.55. The Hall–Kier alpha value is -1.74. The van der Waals surface area contributed by atoms with Crippen molar-refractivity contribution in [1.82, 2.24) is 0 Å². The van der Waals surface area contributed by atoms with E-state index in [0.717, 1.165) is 38.2 Å². The number of ether oxygens (including phenoxy) is 1. The van der Waals surface area contributed by atoms with Gasteiger partial charge in [-0.2, -0.15) is 18.4 Å². The number of benzene rings is 1. The lowest BCUT2D eigenvalue weighted by Gasteiger charge is -2.29. The lowest BCUT2D eigenvalue weighted by Crippen LogP contribution is -2.30. The van der Waals surface area contributed by atoms with E-state index in [4.69, 9.17) is 10.00 Å². The lowest BCUT2D eigenvalue weighted by molar-refractivity contribution is -0.137. The van der Waals surface area contributed by atoms with E-state index < -0.39 is 11.7 Å². The minimum Gasteiger partial charge on any atom is -0.381 e. The number of hydrogen-bond acceptors (Lipinski definition) is 3. The monoisotopic (exact) mass is 298 g/mol. The van der Waals surface area contributed by atoms with Crippen LogP contribution in [0.4, 0.5) is 18.9 Å². The predicted molar refractivity (Wildman–Crippen MR) is 73.0 cm³/mol. The summed E-state index contributed by atoms with van der Waals surface area (Å²) < 4.78 is 43.3. The third-order valence-electron chi connectivity index (χ3n) is 3.73. The second kappa shape index (κ2) is 6.35. The molecule has 1 aromatic carbocycles. The highest BCUT2D eigenvalue weighted by Crippen LogP contribution is 2.32. The Kier molecular flexibility index (Phi) is 4.73. The molecule has 0 aliphatic carbocycles. The Morgan fingerprint density at radius 2 is 2.00 bits per heavy atom. The van der Waals surface area contributed by atoms with E-state index >= 15 is 0 Å². The predicted octanol–water partition coefficient (Wildman–Crippen LogP) is 3.44. The van der Waals surface area contributed by atoms with E-state index in [-0.39, 0.29) is 5.56 Å². The minimum atomic E-state index is -4.43. The van der Waals surface area contributed by atoms with Crippen molar-refractivity contribution in [2.24, 2.45) is 5.92 Å². The van der Waals surface area contributed by atoms with Crippen LogP contribution < -0.4 is 4.90 Å². The maximum atomic E-state index is 12.7. The molecule has 0 N–H and O–H groups in total. The molecule has 0 spiro atoms. The van der Waals surface area contributed by atoms with Gasteiger partial charge in [-0.25, -0.2) is 0 Å². The van der Waals surface area contributed by atoms with Gasteiger partial charge in [0.15, 0.2) is 0 Å². The first-order chi connectivity index (χ1) is 9.91. The van der Waals surface area contributed by atoms with Gasteiger partial charge in [0.2, 0.25) is 0 Å². The molecular formula is C15H17F3N2O. The molecule has 0 bridgehead atoms. The summed E-state index contributed by atoms with van der Waals surface area (Å²) in [7, 11) is 1.80. The van der Waals surface area contributed by atoms with Gasteiger partial charge in [0, 0.05) is 26.8 Å². The van der Waals surface area contributed by atoms with Crippen LogP contribution in [0, 0.1) is 17.2 Å². The molecular weight excluding hydrogens is 281 g/mol. The van der Waals surface area contributed by atoms with Crippen LogP contribution in [0.5, 0.6) is 0 Å². The van der Waals surface area contributed by atoms with Crippen LogP contribution in [-0.2, 0) is 10.9 Å². The van der Waals surface area contributed by atoms with E-state index in [2.05, 4.69) is 0 Å². The van der Waals surface area contributed by atoms with Gasteiger partial charge in [-0.15, -0.1) is 0 Å². The number of anilines is 1. The largest absolute Gasteiger partial charge is 0.416 e. The summed E-state index contributed by atoms with van der Waals surface area (Å²) in [4.78, 5) is 1.86. The average molecular weight is 298 g/mol. The van der Waals surface area contributed by atoms with Crippen molar-refractivity contribution in [3.63, 3.8) is 0 Å². The Bertz CT molecular complexity index is 531. The van der Waals surface area contributed by atoms with E-state index in [1.165, 1.54) is 6.07 Å². The van der Waals surface area contributed by atoms with Crippen molar-refractivity contribution >= 4 is 5.69 Å². The Morgan fingerprint density at radius 3 is 2.57 bits per heavy atom. The maximum absolute atomic E-state index is 12.7. The van der Waals surface area contributed by atoms with Crippen LogP contribution in [0.2, 0.25) is 0 Å². The highest BCUT2D eigenvalue weighted by atomic mass is 19.4. The molecule has 1 fully saturated rings. The molecule has 6 heteroatoms. The molecule has 0 atom stereocenters. The molecule has 3 nitrogen and oxygen atoms in total. The van der Waals surface area contributed by atoms with Crippen molar-refractivity contribution in [2.45, 2.75) is 19.0 Å². The lowest BCUT2D eigenvalue weighted by atomic mass is 9.99. The van der Waals surface area contributed by atoms with Crippen LogP contribution in [0.15, 0.2) is 18.2 Å². The first-order valence-corrected chi connectivity index (χ1v) is 6.82. The van der Waals surface area contributed by atoms with Gasteiger partial charge in [-0.3, -0.25) is 0 Å². The van der Waals surface area contributed by atoms with Crippen molar-refractivity contribution in [3.8, 4) is 6.07 Å². The number of halogens is 3. The summed E-state index contributed by atoms with van der Waals surface area (Å²) >= 11 is 0. The summed E-state index contributed by atoms with van der Waals surface area (Å²) in [5.74, 6) is 0.442. The van der Waals surface area contributed by atoms with Crippen LogP contribution in [0.25, 0.3) is 0 Å². The number of alkyl halides is 3. The third-order valence-corrected chi connectivity index (χ3v) is 3.73. The van der Waals surface area contributed by atoms with Gasteiger partial charge in [0.05, 0.1) is 16.8 Å². The molecule has 0 unspecified atom stereocenters. The number of nitrogens with zero attached hydrogens (tertiary/aromatic N) is 2. The van der Waals surface area contributed by atoms with Crippen LogP contribution in [0.1, 0.15) is 24.0 Å². The zero-order valence-corrected chi connectivity index (χ0v) is 11.8. The number of rotatable bonds is 3. The Labute approximate surface area is 121 Å². The molecule has 21 heavy (non-hydrogen) atoms. The zero-order valence-electron chi connectivity index (χ0n) is 11.8. The van der Waals surface area contributed by atoms with Crippen LogP contribution >= 0.6 is 0 Å². The summed E-state index contributed by atoms with van der Waals surface area (Å²) in [6.07, 6.45) is -2.55. The smallest absolute Gasteiger partial charge is 0.381 e. The van der Waals surface area contributed by atoms with Crippen molar-refractivity contribution in [1.29, 1.82) is 5.26 Å². The maximum Gasteiger partial charge on any atom is 0.416 e. The quantitative estimate of drug-likeness (QED) is 0.857. The highest BCUT2D eigenvalue weighted by Gasteiger charge is 2.31.